The van der Waals surface area contributed by atoms with Crippen LogP contribution in [-0.4, -0.2) is 23.2 Å². The fraction of sp³-hybridized carbons (Fsp3) is 0.579. The van der Waals surface area contributed by atoms with Crippen LogP contribution in [0.1, 0.15) is 44.4 Å². The molecule has 2 aliphatic rings. The van der Waals surface area contributed by atoms with Crippen molar-refractivity contribution in [3.05, 3.63) is 41.2 Å². The quantitative estimate of drug-likeness (QED) is 0.800. The zero-order chi connectivity index (χ0) is 16.4. The Hall–Kier alpha value is -1.68. The van der Waals surface area contributed by atoms with E-state index in [2.05, 4.69) is 11.9 Å². The second-order valence-corrected chi connectivity index (χ2v) is 6.91. The lowest BCUT2D eigenvalue weighted by molar-refractivity contribution is -0.149. The number of cyclic esters (lactones) is 1. The van der Waals surface area contributed by atoms with Crippen LogP contribution < -0.4 is 0 Å². The normalized spacial score (nSPS) is 30.9. The number of pyridine rings is 1. The maximum absolute atomic E-state index is 12.4. The third-order valence-corrected chi connectivity index (χ3v) is 5.22. The van der Waals surface area contributed by atoms with E-state index in [0.717, 1.165) is 30.5 Å². The molecule has 1 aliphatic heterocycles. The number of aromatic nitrogens is 1. The number of nitrogens with zero attached hydrogens (tertiary/aromatic N) is 1. The van der Waals surface area contributed by atoms with Gasteiger partial charge in [0, 0.05) is 11.9 Å². The zero-order valence-electron chi connectivity index (χ0n) is 14.2. The second-order valence-electron chi connectivity index (χ2n) is 6.91. The molecule has 1 fully saturated rings. The minimum Gasteiger partial charge on any atom is -0.462 e. The van der Waals surface area contributed by atoms with Crippen LogP contribution in [0.4, 0.5) is 0 Å². The van der Waals surface area contributed by atoms with E-state index in [0.29, 0.717) is 30.6 Å². The number of carbonyl (C=O) groups excluding carboxylic acids is 1. The Kier molecular flexibility index (Phi) is 4.53. The Bertz CT molecular complexity index is 625. The maximum atomic E-state index is 12.4. The van der Waals surface area contributed by atoms with Crippen molar-refractivity contribution in [2.45, 2.75) is 52.2 Å². The first kappa shape index (κ1) is 16.2. The van der Waals surface area contributed by atoms with E-state index < -0.39 is 5.60 Å². The van der Waals surface area contributed by atoms with Gasteiger partial charge in [-0.05, 0) is 56.6 Å². The van der Waals surface area contributed by atoms with E-state index in [1.54, 1.807) is 6.20 Å². The van der Waals surface area contributed by atoms with Gasteiger partial charge in [-0.25, -0.2) is 4.79 Å². The van der Waals surface area contributed by atoms with Gasteiger partial charge in [0.05, 0.1) is 18.8 Å². The lowest BCUT2D eigenvalue weighted by atomic mass is 9.70. The van der Waals surface area contributed by atoms with Crippen LogP contribution in [0, 0.1) is 18.8 Å². The molecular weight excluding hydrogens is 290 g/mol. The molecule has 3 atom stereocenters. The van der Waals surface area contributed by atoms with Crippen LogP contribution in [-0.2, 0) is 20.9 Å². The summed E-state index contributed by atoms with van der Waals surface area (Å²) in [7, 11) is 0. The number of rotatable bonds is 3. The fourth-order valence-corrected chi connectivity index (χ4v) is 3.74. The zero-order valence-corrected chi connectivity index (χ0v) is 14.2. The van der Waals surface area contributed by atoms with Crippen LogP contribution in [0.25, 0.3) is 0 Å². The van der Waals surface area contributed by atoms with E-state index in [-0.39, 0.29) is 5.97 Å². The molecule has 1 saturated heterocycles. The highest BCUT2D eigenvalue weighted by Gasteiger charge is 2.46. The largest absolute Gasteiger partial charge is 0.462 e. The van der Waals surface area contributed by atoms with Crippen LogP contribution in [0.2, 0.25) is 0 Å². The van der Waals surface area contributed by atoms with Gasteiger partial charge < -0.3 is 9.47 Å². The minimum absolute atomic E-state index is 0.216. The third kappa shape index (κ3) is 3.18. The Morgan fingerprint density at radius 2 is 2.30 bits per heavy atom. The Morgan fingerprint density at radius 1 is 1.48 bits per heavy atom. The molecule has 23 heavy (non-hydrogen) atoms. The highest BCUT2D eigenvalue weighted by Crippen LogP contribution is 2.44. The summed E-state index contributed by atoms with van der Waals surface area (Å²) in [6.45, 7) is 7.17. The standard InChI is InChI=1S/C19H25NO3/c1-13-10-16-7-5-9-22-18(21)17(11-13)19(16,3)23-12-15-6-4-8-20-14(15)2/h4,6,8,11,13,16H,5,7,9-10,12H2,1-3H3/t13?,16?,19-/m0/s1. The molecule has 0 aromatic carbocycles. The van der Waals surface area contributed by atoms with Crippen molar-refractivity contribution >= 4 is 5.97 Å². The van der Waals surface area contributed by atoms with Gasteiger partial charge >= 0.3 is 5.97 Å². The van der Waals surface area contributed by atoms with Gasteiger partial charge in [0.2, 0.25) is 0 Å². The summed E-state index contributed by atoms with van der Waals surface area (Å²) >= 11 is 0. The van der Waals surface area contributed by atoms with Gasteiger partial charge in [-0.1, -0.05) is 19.1 Å². The van der Waals surface area contributed by atoms with Crippen molar-refractivity contribution in [1.82, 2.24) is 4.98 Å². The smallest absolute Gasteiger partial charge is 0.336 e. The molecule has 4 heteroatoms. The molecule has 3 rings (SSSR count). The highest BCUT2D eigenvalue weighted by molar-refractivity contribution is 5.91. The summed E-state index contributed by atoms with van der Waals surface area (Å²) in [5, 5.41) is 0. The topological polar surface area (TPSA) is 48.4 Å². The summed E-state index contributed by atoms with van der Waals surface area (Å²) in [5.74, 6) is 0.520. The molecule has 2 bridgehead atoms. The lowest BCUT2D eigenvalue weighted by Gasteiger charge is -2.44. The van der Waals surface area contributed by atoms with Gasteiger partial charge in [0.15, 0.2) is 0 Å². The first-order chi connectivity index (χ1) is 11.0. The van der Waals surface area contributed by atoms with Crippen molar-refractivity contribution in [2.24, 2.45) is 11.8 Å². The molecule has 1 aliphatic carbocycles. The monoisotopic (exact) mass is 315 g/mol. The summed E-state index contributed by atoms with van der Waals surface area (Å²) in [5.41, 5.74) is 2.15. The molecule has 0 radical (unpaired) electrons. The van der Waals surface area contributed by atoms with Gasteiger partial charge in [0.1, 0.15) is 5.60 Å². The summed E-state index contributed by atoms with van der Waals surface area (Å²) in [6.07, 6.45) is 6.81. The van der Waals surface area contributed by atoms with E-state index in [9.17, 15) is 4.79 Å². The molecule has 0 saturated carbocycles. The van der Waals surface area contributed by atoms with Crippen LogP contribution in [0.5, 0.6) is 0 Å². The number of aryl methyl sites for hydroxylation is 1. The summed E-state index contributed by atoms with van der Waals surface area (Å²) in [4.78, 5) is 16.7. The highest BCUT2D eigenvalue weighted by atomic mass is 16.5. The summed E-state index contributed by atoms with van der Waals surface area (Å²) in [6, 6.07) is 3.95. The van der Waals surface area contributed by atoms with Gasteiger partial charge in [-0.3, -0.25) is 4.98 Å². The molecule has 0 spiro atoms. The van der Waals surface area contributed by atoms with E-state index in [4.69, 9.17) is 9.47 Å². The SMILES string of the molecule is Cc1ncccc1CO[C@]1(C)C2=CC(C)CC1CCCOC2=O. The van der Waals surface area contributed by atoms with Gasteiger partial charge in [-0.15, -0.1) is 0 Å². The van der Waals surface area contributed by atoms with Crippen LogP contribution in [0.15, 0.2) is 30.0 Å². The van der Waals surface area contributed by atoms with Gasteiger partial charge in [0.25, 0.3) is 0 Å². The van der Waals surface area contributed by atoms with Crippen molar-refractivity contribution in [2.75, 3.05) is 6.61 Å². The number of fused-ring (bicyclic) bond motifs is 2. The Morgan fingerprint density at radius 3 is 3.09 bits per heavy atom. The number of hydrogen-bond acceptors (Lipinski definition) is 4. The van der Waals surface area contributed by atoms with Crippen LogP contribution >= 0.6 is 0 Å². The first-order valence-electron chi connectivity index (χ1n) is 8.44. The lowest BCUT2D eigenvalue weighted by Crippen LogP contribution is -2.47. The Balaban J connectivity index is 1.89. The van der Waals surface area contributed by atoms with Crippen molar-refractivity contribution in [3.63, 3.8) is 0 Å². The van der Waals surface area contributed by atoms with Crippen molar-refractivity contribution in [1.29, 1.82) is 0 Å². The number of allylic oxidation sites excluding steroid dienone is 1. The average molecular weight is 315 g/mol. The number of esters is 1. The molecule has 1 aromatic heterocycles. The Labute approximate surface area is 137 Å². The molecule has 1 aromatic rings. The predicted molar refractivity (Wildman–Crippen MR) is 87.7 cm³/mol. The number of carbonyl (C=O) groups is 1. The average Bonchev–Trinajstić information content (AvgIpc) is 2.53. The number of ether oxygens (including phenoxy) is 2. The minimum atomic E-state index is -0.577. The van der Waals surface area contributed by atoms with Gasteiger partial charge in [-0.2, -0.15) is 0 Å². The van der Waals surface area contributed by atoms with Crippen LogP contribution in [0.3, 0.4) is 0 Å². The molecule has 2 heterocycles. The first-order valence-corrected chi connectivity index (χ1v) is 8.44. The van der Waals surface area contributed by atoms with E-state index in [1.165, 1.54) is 0 Å². The van der Waals surface area contributed by atoms with E-state index >= 15 is 0 Å². The van der Waals surface area contributed by atoms with Crippen molar-refractivity contribution in [3.8, 4) is 0 Å². The molecule has 2 unspecified atom stereocenters. The third-order valence-electron chi connectivity index (χ3n) is 5.22. The molecule has 0 N–H and O–H groups in total. The number of hydrogen-bond donors (Lipinski definition) is 0. The molecule has 4 nitrogen and oxygen atoms in total. The molecule has 124 valence electrons. The van der Waals surface area contributed by atoms with E-state index in [1.807, 2.05) is 32.1 Å². The summed E-state index contributed by atoms with van der Waals surface area (Å²) < 4.78 is 11.7. The van der Waals surface area contributed by atoms with Crippen molar-refractivity contribution < 1.29 is 14.3 Å². The second kappa shape index (κ2) is 6.44. The fourth-order valence-electron chi connectivity index (χ4n) is 3.74. The maximum Gasteiger partial charge on any atom is 0.336 e. The predicted octanol–water partition coefficient (Wildman–Crippen LogP) is 3.58. The molecule has 0 amide bonds. The molecular formula is C19H25NO3.